The molecule has 1 heterocycles. The molecule has 1 aromatic heterocycles. The van der Waals surface area contributed by atoms with Crippen LogP contribution in [0.2, 0.25) is 0 Å². The van der Waals surface area contributed by atoms with E-state index in [1.54, 1.807) is 6.92 Å². The van der Waals surface area contributed by atoms with Gasteiger partial charge < -0.3 is 15.2 Å². The Hall–Kier alpha value is -1.53. The summed E-state index contributed by atoms with van der Waals surface area (Å²) in [6.07, 6.45) is 1.66. The summed E-state index contributed by atoms with van der Waals surface area (Å²) in [4.78, 5) is 15.6. The third-order valence-electron chi connectivity index (χ3n) is 2.37. The molecule has 1 aromatic rings. The van der Waals surface area contributed by atoms with Crippen molar-refractivity contribution < 1.29 is 18.7 Å². The van der Waals surface area contributed by atoms with Crippen LogP contribution >= 0.6 is 0 Å². The van der Waals surface area contributed by atoms with Gasteiger partial charge in [0.1, 0.15) is 0 Å². The average molecular weight is 256 g/mol. The van der Waals surface area contributed by atoms with Gasteiger partial charge >= 0.3 is 0 Å². The van der Waals surface area contributed by atoms with Gasteiger partial charge in [0.15, 0.2) is 11.6 Å². The summed E-state index contributed by atoms with van der Waals surface area (Å²) in [6.45, 7) is 2.33. The maximum Gasteiger partial charge on any atom is 0.251 e. The zero-order chi connectivity index (χ0) is 13.5. The number of rotatable bonds is 7. The van der Waals surface area contributed by atoms with E-state index in [9.17, 15) is 9.18 Å². The predicted octanol–water partition coefficient (Wildman–Crippen LogP) is 1.17. The van der Waals surface area contributed by atoms with Crippen molar-refractivity contribution in [2.75, 3.05) is 20.3 Å². The molecule has 2 N–H and O–H groups in total. The molecule has 1 unspecified atom stereocenters. The Morgan fingerprint density at radius 2 is 2.33 bits per heavy atom. The number of nitrogens with two attached hydrogens (primary N) is 1. The number of carbonyl (C=O) groups excluding carboxylic acids is 1. The van der Waals surface area contributed by atoms with Crippen molar-refractivity contribution in [3.63, 3.8) is 0 Å². The molecule has 0 saturated carbocycles. The Balaban J connectivity index is 2.88. The Labute approximate surface area is 105 Å². The lowest BCUT2D eigenvalue weighted by atomic mass is 10.0. The second-order valence-electron chi connectivity index (χ2n) is 3.66. The van der Waals surface area contributed by atoms with E-state index in [1.807, 2.05) is 0 Å². The highest BCUT2D eigenvalue weighted by molar-refractivity contribution is 6.00. The molecule has 100 valence electrons. The predicted molar refractivity (Wildman–Crippen MR) is 64.2 cm³/mol. The first-order valence-electron chi connectivity index (χ1n) is 5.67. The van der Waals surface area contributed by atoms with Crippen LogP contribution in [0.4, 0.5) is 4.39 Å². The molecule has 6 heteroatoms. The highest BCUT2D eigenvalue weighted by Gasteiger charge is 2.22. The molecular weight excluding hydrogens is 239 g/mol. The maximum absolute atomic E-state index is 13.9. The molecule has 0 aliphatic heterocycles. The van der Waals surface area contributed by atoms with Gasteiger partial charge in [0.25, 0.3) is 5.88 Å². The van der Waals surface area contributed by atoms with Crippen molar-refractivity contribution in [2.24, 2.45) is 5.73 Å². The quantitative estimate of drug-likeness (QED) is 0.741. The number of Topliss-reactive ketones (excluding diaryl/α,β-unsaturated/α-hetero) is 1. The van der Waals surface area contributed by atoms with Crippen molar-refractivity contribution in [3.8, 4) is 5.88 Å². The van der Waals surface area contributed by atoms with Gasteiger partial charge in [0, 0.05) is 19.9 Å². The molecule has 0 fully saturated rings. The topological polar surface area (TPSA) is 74.4 Å². The molecule has 0 aliphatic rings. The van der Waals surface area contributed by atoms with Crippen LogP contribution in [0.25, 0.3) is 0 Å². The normalized spacial score (nSPS) is 12.2. The van der Waals surface area contributed by atoms with Crippen molar-refractivity contribution in [2.45, 2.75) is 19.4 Å². The summed E-state index contributed by atoms with van der Waals surface area (Å²) in [5, 5.41) is 0. The third kappa shape index (κ3) is 3.48. The summed E-state index contributed by atoms with van der Waals surface area (Å²) in [5.74, 6) is -1.42. The first-order chi connectivity index (χ1) is 8.61. The lowest BCUT2D eigenvalue weighted by molar-refractivity contribution is 0.0930. The first-order valence-corrected chi connectivity index (χ1v) is 5.67. The van der Waals surface area contributed by atoms with Crippen LogP contribution in [0.15, 0.2) is 12.3 Å². The van der Waals surface area contributed by atoms with Gasteiger partial charge in [-0.25, -0.2) is 9.37 Å². The number of carbonyl (C=O) groups is 1. The highest BCUT2D eigenvalue weighted by atomic mass is 19.1. The summed E-state index contributed by atoms with van der Waals surface area (Å²) in [7, 11) is 1.51. The molecule has 18 heavy (non-hydrogen) atoms. The number of halogens is 1. The van der Waals surface area contributed by atoms with E-state index < -0.39 is 17.6 Å². The SMILES string of the molecule is CCOc1nccc(C(=O)C(N)CCOC)c1F. The molecule has 0 amide bonds. The summed E-state index contributed by atoms with van der Waals surface area (Å²) in [6, 6.07) is 0.503. The number of ether oxygens (including phenoxy) is 2. The van der Waals surface area contributed by atoms with Crippen molar-refractivity contribution >= 4 is 5.78 Å². The minimum atomic E-state index is -0.795. The minimum Gasteiger partial charge on any atom is -0.476 e. The monoisotopic (exact) mass is 256 g/mol. The largest absolute Gasteiger partial charge is 0.476 e. The fraction of sp³-hybridized carbons (Fsp3) is 0.500. The number of methoxy groups -OCH3 is 1. The van der Waals surface area contributed by atoms with Crippen LogP contribution in [0, 0.1) is 5.82 Å². The number of hydrogen-bond donors (Lipinski definition) is 1. The fourth-order valence-electron chi connectivity index (χ4n) is 1.43. The fourth-order valence-corrected chi connectivity index (χ4v) is 1.43. The van der Waals surface area contributed by atoms with Crippen LogP contribution in [0.3, 0.4) is 0 Å². The Morgan fingerprint density at radius 1 is 1.61 bits per heavy atom. The zero-order valence-electron chi connectivity index (χ0n) is 10.5. The van der Waals surface area contributed by atoms with Crippen molar-refractivity contribution in [1.29, 1.82) is 0 Å². The van der Waals surface area contributed by atoms with Crippen LogP contribution in [-0.2, 0) is 4.74 Å². The molecule has 5 nitrogen and oxygen atoms in total. The molecule has 0 aliphatic carbocycles. The zero-order valence-corrected chi connectivity index (χ0v) is 10.5. The van der Waals surface area contributed by atoms with Gasteiger partial charge in [-0.3, -0.25) is 4.79 Å². The van der Waals surface area contributed by atoms with Gasteiger partial charge in [-0.15, -0.1) is 0 Å². The van der Waals surface area contributed by atoms with Crippen LogP contribution in [0.5, 0.6) is 5.88 Å². The molecule has 0 radical (unpaired) electrons. The average Bonchev–Trinajstić information content (AvgIpc) is 2.38. The third-order valence-corrected chi connectivity index (χ3v) is 2.37. The number of nitrogens with zero attached hydrogens (tertiary/aromatic N) is 1. The van der Waals surface area contributed by atoms with E-state index in [4.69, 9.17) is 15.2 Å². The Kier molecular flexibility index (Phi) is 5.67. The Bertz CT molecular complexity index is 412. The lowest BCUT2D eigenvalue weighted by Crippen LogP contribution is -2.32. The number of pyridine rings is 1. The van der Waals surface area contributed by atoms with Crippen LogP contribution in [-0.4, -0.2) is 37.1 Å². The number of ketones is 1. The number of aromatic nitrogens is 1. The van der Waals surface area contributed by atoms with E-state index in [0.717, 1.165) is 0 Å². The van der Waals surface area contributed by atoms with Crippen molar-refractivity contribution in [1.82, 2.24) is 4.98 Å². The van der Waals surface area contributed by atoms with Crippen LogP contribution in [0.1, 0.15) is 23.7 Å². The van der Waals surface area contributed by atoms with Crippen LogP contribution < -0.4 is 10.5 Å². The summed E-state index contributed by atoms with van der Waals surface area (Å²) < 4.78 is 23.7. The molecule has 1 rings (SSSR count). The molecule has 0 spiro atoms. The Morgan fingerprint density at radius 3 is 2.94 bits per heavy atom. The van der Waals surface area contributed by atoms with Gasteiger partial charge in [-0.1, -0.05) is 0 Å². The molecular formula is C12H17FN2O3. The summed E-state index contributed by atoms with van der Waals surface area (Å²) >= 11 is 0. The minimum absolute atomic E-state index is 0.1000. The van der Waals surface area contributed by atoms with Gasteiger partial charge in [-0.05, 0) is 19.4 Å². The van der Waals surface area contributed by atoms with E-state index in [2.05, 4.69) is 4.98 Å². The first kappa shape index (κ1) is 14.5. The van der Waals surface area contributed by atoms with Gasteiger partial charge in [0.05, 0.1) is 18.2 Å². The van der Waals surface area contributed by atoms with Crippen molar-refractivity contribution in [3.05, 3.63) is 23.6 Å². The molecule has 0 bridgehead atoms. The molecule has 1 atom stereocenters. The smallest absolute Gasteiger partial charge is 0.251 e. The highest BCUT2D eigenvalue weighted by Crippen LogP contribution is 2.18. The lowest BCUT2D eigenvalue weighted by Gasteiger charge is -2.11. The standard InChI is InChI=1S/C12H17FN2O3/c1-3-18-12-10(13)8(4-6-15-12)11(16)9(14)5-7-17-2/h4,6,9H,3,5,7,14H2,1-2H3. The van der Waals surface area contributed by atoms with Gasteiger partial charge in [-0.2, -0.15) is 0 Å². The van der Waals surface area contributed by atoms with E-state index >= 15 is 0 Å². The van der Waals surface area contributed by atoms with E-state index in [-0.39, 0.29) is 18.1 Å². The van der Waals surface area contributed by atoms with E-state index in [0.29, 0.717) is 13.0 Å². The molecule has 0 aromatic carbocycles. The second kappa shape index (κ2) is 7.03. The molecule has 0 saturated heterocycles. The number of hydrogen-bond acceptors (Lipinski definition) is 5. The maximum atomic E-state index is 13.9. The second-order valence-corrected chi connectivity index (χ2v) is 3.66. The summed E-state index contributed by atoms with van der Waals surface area (Å²) in [5.41, 5.74) is 5.57. The van der Waals surface area contributed by atoms with E-state index in [1.165, 1.54) is 19.4 Å². The van der Waals surface area contributed by atoms with Gasteiger partial charge in [0.2, 0.25) is 0 Å².